The zero-order valence-electron chi connectivity index (χ0n) is 12.7. The standard InChI is InChI=1S/C20H16N2/c1-13-8-9-14(2)18-16(13)10-11-17-19(21-12-22-20(17)18)15-6-4-3-5-7-15/h3-12H,1-2H3. The van der Waals surface area contributed by atoms with Crippen LogP contribution in [0.4, 0.5) is 0 Å². The number of rotatable bonds is 1. The quantitative estimate of drug-likeness (QED) is 0.456. The topological polar surface area (TPSA) is 25.8 Å². The lowest BCUT2D eigenvalue weighted by Gasteiger charge is -2.11. The van der Waals surface area contributed by atoms with Gasteiger partial charge in [-0.15, -0.1) is 0 Å². The first kappa shape index (κ1) is 13.0. The van der Waals surface area contributed by atoms with E-state index in [-0.39, 0.29) is 0 Å². The molecule has 0 aliphatic carbocycles. The first-order chi connectivity index (χ1) is 10.8. The molecule has 0 N–H and O–H groups in total. The molecule has 3 aromatic carbocycles. The van der Waals surface area contributed by atoms with E-state index in [0.29, 0.717) is 0 Å². The predicted molar refractivity (Wildman–Crippen MR) is 92.0 cm³/mol. The molecular weight excluding hydrogens is 268 g/mol. The molecule has 0 saturated heterocycles. The number of fused-ring (bicyclic) bond motifs is 3. The minimum absolute atomic E-state index is 0.994. The van der Waals surface area contributed by atoms with Gasteiger partial charge in [0, 0.05) is 16.3 Å². The second-order valence-corrected chi connectivity index (χ2v) is 5.67. The van der Waals surface area contributed by atoms with Gasteiger partial charge in [-0.1, -0.05) is 48.5 Å². The molecule has 4 rings (SSSR count). The van der Waals surface area contributed by atoms with Crippen LogP contribution in [0.1, 0.15) is 11.1 Å². The Morgan fingerprint density at radius 2 is 1.41 bits per heavy atom. The Kier molecular flexibility index (Phi) is 2.90. The van der Waals surface area contributed by atoms with E-state index in [1.807, 2.05) is 18.2 Å². The van der Waals surface area contributed by atoms with Crippen LogP contribution in [0.15, 0.2) is 60.9 Å². The van der Waals surface area contributed by atoms with E-state index < -0.39 is 0 Å². The molecule has 2 nitrogen and oxygen atoms in total. The molecule has 0 radical (unpaired) electrons. The molecule has 0 spiro atoms. The summed E-state index contributed by atoms with van der Waals surface area (Å²) in [7, 11) is 0. The monoisotopic (exact) mass is 284 g/mol. The lowest BCUT2D eigenvalue weighted by Crippen LogP contribution is -1.92. The number of nitrogens with zero attached hydrogens (tertiary/aromatic N) is 2. The molecule has 106 valence electrons. The normalized spacial score (nSPS) is 11.2. The highest BCUT2D eigenvalue weighted by Gasteiger charge is 2.11. The van der Waals surface area contributed by atoms with Gasteiger partial charge in [0.15, 0.2) is 0 Å². The minimum atomic E-state index is 0.994. The van der Waals surface area contributed by atoms with E-state index in [1.165, 1.54) is 21.9 Å². The van der Waals surface area contributed by atoms with Crippen LogP contribution < -0.4 is 0 Å². The molecule has 1 aromatic heterocycles. The maximum Gasteiger partial charge on any atom is 0.116 e. The van der Waals surface area contributed by atoms with Crippen molar-refractivity contribution in [2.75, 3.05) is 0 Å². The fourth-order valence-electron chi connectivity index (χ4n) is 3.11. The highest BCUT2D eigenvalue weighted by Crippen LogP contribution is 2.32. The largest absolute Gasteiger partial charge is 0.236 e. The first-order valence-corrected chi connectivity index (χ1v) is 7.45. The highest BCUT2D eigenvalue weighted by molar-refractivity contribution is 6.11. The Hall–Kier alpha value is -2.74. The van der Waals surface area contributed by atoms with Crippen LogP contribution in [0.5, 0.6) is 0 Å². The summed E-state index contributed by atoms with van der Waals surface area (Å²) >= 11 is 0. The van der Waals surface area contributed by atoms with E-state index in [2.05, 4.69) is 60.2 Å². The lowest BCUT2D eigenvalue weighted by molar-refractivity contribution is 1.23. The van der Waals surface area contributed by atoms with Crippen LogP contribution in [-0.2, 0) is 0 Å². The van der Waals surface area contributed by atoms with Crippen LogP contribution >= 0.6 is 0 Å². The average molecular weight is 284 g/mol. The van der Waals surface area contributed by atoms with E-state index in [9.17, 15) is 0 Å². The van der Waals surface area contributed by atoms with Gasteiger partial charge in [0.25, 0.3) is 0 Å². The van der Waals surface area contributed by atoms with Crippen molar-refractivity contribution in [3.63, 3.8) is 0 Å². The third kappa shape index (κ3) is 1.88. The zero-order chi connectivity index (χ0) is 15.1. The Morgan fingerprint density at radius 1 is 0.682 bits per heavy atom. The van der Waals surface area contributed by atoms with Crippen molar-refractivity contribution in [2.24, 2.45) is 0 Å². The fraction of sp³-hybridized carbons (Fsp3) is 0.100. The number of aryl methyl sites for hydroxylation is 2. The number of benzene rings is 3. The van der Waals surface area contributed by atoms with Crippen LogP contribution in [0.2, 0.25) is 0 Å². The van der Waals surface area contributed by atoms with Gasteiger partial charge in [0.05, 0.1) is 11.2 Å². The van der Waals surface area contributed by atoms with Crippen molar-refractivity contribution >= 4 is 21.7 Å². The summed E-state index contributed by atoms with van der Waals surface area (Å²) in [5.74, 6) is 0. The Bertz CT molecular complexity index is 989. The van der Waals surface area contributed by atoms with Gasteiger partial charge in [0.2, 0.25) is 0 Å². The second kappa shape index (κ2) is 4.92. The summed E-state index contributed by atoms with van der Waals surface area (Å²) in [6.45, 7) is 4.29. The van der Waals surface area contributed by atoms with E-state index in [4.69, 9.17) is 0 Å². The van der Waals surface area contributed by atoms with Crippen molar-refractivity contribution < 1.29 is 0 Å². The third-order valence-electron chi connectivity index (χ3n) is 4.26. The van der Waals surface area contributed by atoms with Gasteiger partial charge in [-0.25, -0.2) is 9.97 Å². The average Bonchev–Trinajstić information content (AvgIpc) is 2.58. The summed E-state index contributed by atoms with van der Waals surface area (Å²) in [6.07, 6.45) is 1.67. The van der Waals surface area contributed by atoms with Crippen molar-refractivity contribution in [3.8, 4) is 11.3 Å². The highest BCUT2D eigenvalue weighted by atomic mass is 14.8. The molecule has 0 fully saturated rings. The molecule has 0 amide bonds. The molecule has 22 heavy (non-hydrogen) atoms. The zero-order valence-corrected chi connectivity index (χ0v) is 12.7. The van der Waals surface area contributed by atoms with Crippen LogP contribution in [0.25, 0.3) is 32.9 Å². The number of hydrogen-bond acceptors (Lipinski definition) is 2. The van der Waals surface area contributed by atoms with Gasteiger partial charge < -0.3 is 0 Å². The van der Waals surface area contributed by atoms with Crippen molar-refractivity contribution in [2.45, 2.75) is 13.8 Å². The summed E-state index contributed by atoms with van der Waals surface area (Å²) in [5.41, 5.74) is 5.69. The molecule has 0 atom stereocenters. The number of hydrogen-bond donors (Lipinski definition) is 0. The smallest absolute Gasteiger partial charge is 0.116 e. The van der Waals surface area contributed by atoms with Gasteiger partial charge >= 0.3 is 0 Å². The second-order valence-electron chi connectivity index (χ2n) is 5.67. The predicted octanol–water partition coefficient (Wildman–Crippen LogP) is 5.07. The summed E-state index contributed by atoms with van der Waals surface area (Å²) < 4.78 is 0. The van der Waals surface area contributed by atoms with Gasteiger partial charge in [-0.3, -0.25) is 0 Å². The SMILES string of the molecule is Cc1ccc(C)c2c1ccc1c(-c3ccccc3)ncnc12. The number of aromatic nitrogens is 2. The summed E-state index contributed by atoms with van der Waals surface area (Å²) in [4.78, 5) is 9.11. The van der Waals surface area contributed by atoms with Crippen LogP contribution in [0.3, 0.4) is 0 Å². The molecular formula is C20H16N2. The Balaban J connectivity index is 2.16. The third-order valence-corrected chi connectivity index (χ3v) is 4.26. The van der Waals surface area contributed by atoms with Crippen LogP contribution in [-0.4, -0.2) is 9.97 Å². The summed E-state index contributed by atoms with van der Waals surface area (Å²) in [5, 5.41) is 3.61. The minimum Gasteiger partial charge on any atom is -0.236 e. The van der Waals surface area contributed by atoms with Crippen molar-refractivity contribution in [1.29, 1.82) is 0 Å². The van der Waals surface area contributed by atoms with Gasteiger partial charge in [-0.2, -0.15) is 0 Å². The van der Waals surface area contributed by atoms with E-state index in [0.717, 1.165) is 22.2 Å². The Labute approximate surface area is 129 Å². The maximum absolute atomic E-state index is 4.59. The molecule has 0 aliphatic heterocycles. The van der Waals surface area contributed by atoms with Crippen molar-refractivity contribution in [3.05, 3.63) is 72.1 Å². The molecule has 4 aromatic rings. The molecule has 2 heteroatoms. The van der Waals surface area contributed by atoms with Gasteiger partial charge in [-0.05, 0) is 36.4 Å². The molecule has 0 aliphatic rings. The Morgan fingerprint density at radius 3 is 2.23 bits per heavy atom. The lowest BCUT2D eigenvalue weighted by atomic mass is 9.96. The first-order valence-electron chi connectivity index (χ1n) is 7.45. The molecule has 0 bridgehead atoms. The fourth-order valence-corrected chi connectivity index (χ4v) is 3.11. The van der Waals surface area contributed by atoms with Gasteiger partial charge in [0.1, 0.15) is 6.33 Å². The molecule has 0 unspecified atom stereocenters. The van der Waals surface area contributed by atoms with E-state index in [1.54, 1.807) is 6.33 Å². The summed E-state index contributed by atoms with van der Waals surface area (Å²) in [6, 6.07) is 19.0. The van der Waals surface area contributed by atoms with E-state index >= 15 is 0 Å². The van der Waals surface area contributed by atoms with Crippen molar-refractivity contribution in [1.82, 2.24) is 9.97 Å². The molecule has 1 heterocycles. The maximum atomic E-state index is 4.59. The van der Waals surface area contributed by atoms with Crippen LogP contribution in [0, 0.1) is 13.8 Å². The molecule has 0 saturated carbocycles.